The van der Waals surface area contributed by atoms with Crippen molar-refractivity contribution in [2.75, 3.05) is 6.61 Å². The SMILES string of the molecule is CCCCCCCCc1ccc2c(c1)CCC[C@@H]2CC(C)(N)CO. The van der Waals surface area contributed by atoms with Crippen LogP contribution in [0.25, 0.3) is 0 Å². The number of unbranched alkanes of at least 4 members (excludes halogenated alkanes) is 5. The molecule has 1 aliphatic rings. The average molecular weight is 332 g/mol. The predicted molar refractivity (Wildman–Crippen MR) is 103 cm³/mol. The van der Waals surface area contributed by atoms with Gasteiger partial charge in [0.05, 0.1) is 6.61 Å². The van der Waals surface area contributed by atoms with Gasteiger partial charge in [-0.25, -0.2) is 0 Å². The number of aryl methyl sites for hydroxylation is 2. The zero-order valence-corrected chi connectivity index (χ0v) is 15.8. The van der Waals surface area contributed by atoms with Gasteiger partial charge in [0, 0.05) is 5.54 Å². The van der Waals surface area contributed by atoms with Crippen LogP contribution < -0.4 is 5.73 Å². The lowest BCUT2D eigenvalue weighted by Gasteiger charge is -2.32. The second kappa shape index (κ2) is 9.58. The summed E-state index contributed by atoms with van der Waals surface area (Å²) in [7, 11) is 0. The van der Waals surface area contributed by atoms with Crippen LogP contribution in [-0.2, 0) is 12.8 Å². The Labute approximate surface area is 148 Å². The minimum absolute atomic E-state index is 0.0644. The molecule has 2 rings (SSSR count). The summed E-state index contributed by atoms with van der Waals surface area (Å²) in [6, 6.07) is 7.12. The molecule has 0 aliphatic heterocycles. The molecule has 0 saturated carbocycles. The van der Waals surface area contributed by atoms with Crippen molar-refractivity contribution in [3.05, 3.63) is 34.9 Å². The molecule has 24 heavy (non-hydrogen) atoms. The minimum Gasteiger partial charge on any atom is -0.394 e. The van der Waals surface area contributed by atoms with Crippen LogP contribution in [0.5, 0.6) is 0 Å². The first-order chi connectivity index (χ1) is 11.6. The Morgan fingerprint density at radius 2 is 1.92 bits per heavy atom. The van der Waals surface area contributed by atoms with Gasteiger partial charge in [0.15, 0.2) is 0 Å². The molecule has 0 radical (unpaired) electrons. The summed E-state index contributed by atoms with van der Waals surface area (Å²) in [4.78, 5) is 0. The zero-order chi connectivity index (χ0) is 17.4. The fourth-order valence-corrected chi connectivity index (χ4v) is 4.07. The zero-order valence-electron chi connectivity index (χ0n) is 15.8. The Morgan fingerprint density at radius 3 is 2.67 bits per heavy atom. The molecule has 0 spiro atoms. The lowest BCUT2D eigenvalue weighted by Crippen LogP contribution is -2.42. The molecule has 2 heteroatoms. The van der Waals surface area contributed by atoms with Crippen molar-refractivity contribution in [2.45, 2.75) is 95.9 Å². The van der Waals surface area contributed by atoms with E-state index in [1.165, 1.54) is 80.9 Å². The largest absolute Gasteiger partial charge is 0.394 e. The van der Waals surface area contributed by atoms with E-state index in [9.17, 15) is 5.11 Å². The van der Waals surface area contributed by atoms with Gasteiger partial charge in [0.2, 0.25) is 0 Å². The van der Waals surface area contributed by atoms with Gasteiger partial charge in [-0.2, -0.15) is 0 Å². The van der Waals surface area contributed by atoms with E-state index in [0.717, 1.165) is 6.42 Å². The number of nitrogens with two attached hydrogens (primary N) is 1. The molecule has 1 aromatic carbocycles. The van der Waals surface area contributed by atoms with Crippen LogP contribution in [0.3, 0.4) is 0 Å². The Kier molecular flexibility index (Phi) is 7.77. The van der Waals surface area contributed by atoms with Gasteiger partial charge in [-0.1, -0.05) is 57.2 Å². The van der Waals surface area contributed by atoms with Gasteiger partial charge in [-0.15, -0.1) is 0 Å². The lowest BCUT2D eigenvalue weighted by molar-refractivity contribution is 0.189. The number of aliphatic hydroxyl groups is 1. The molecule has 2 nitrogen and oxygen atoms in total. The number of hydrogen-bond acceptors (Lipinski definition) is 2. The Morgan fingerprint density at radius 1 is 1.17 bits per heavy atom. The minimum atomic E-state index is -0.462. The van der Waals surface area contributed by atoms with Crippen LogP contribution in [0.15, 0.2) is 18.2 Å². The van der Waals surface area contributed by atoms with E-state index in [1.807, 2.05) is 6.92 Å². The molecule has 1 aliphatic carbocycles. The highest BCUT2D eigenvalue weighted by atomic mass is 16.3. The van der Waals surface area contributed by atoms with E-state index >= 15 is 0 Å². The Bertz CT molecular complexity index is 495. The van der Waals surface area contributed by atoms with Crippen molar-refractivity contribution in [3.63, 3.8) is 0 Å². The Balaban J connectivity index is 1.90. The highest BCUT2D eigenvalue weighted by Gasteiger charge is 2.27. The van der Waals surface area contributed by atoms with E-state index in [2.05, 4.69) is 25.1 Å². The molecule has 0 amide bonds. The number of hydrogen-bond donors (Lipinski definition) is 2. The fraction of sp³-hybridized carbons (Fsp3) is 0.727. The van der Waals surface area contributed by atoms with Gasteiger partial charge in [0.25, 0.3) is 0 Å². The van der Waals surface area contributed by atoms with Gasteiger partial charge in [-0.3, -0.25) is 0 Å². The van der Waals surface area contributed by atoms with Gasteiger partial charge in [-0.05, 0) is 68.1 Å². The molecule has 136 valence electrons. The number of benzene rings is 1. The first kappa shape index (κ1) is 19.5. The summed E-state index contributed by atoms with van der Waals surface area (Å²) in [6.45, 7) is 4.30. The molecule has 1 unspecified atom stereocenters. The number of fused-ring (bicyclic) bond motifs is 1. The van der Waals surface area contributed by atoms with E-state index in [-0.39, 0.29) is 6.61 Å². The van der Waals surface area contributed by atoms with Crippen LogP contribution in [0, 0.1) is 0 Å². The average Bonchev–Trinajstić information content (AvgIpc) is 2.58. The quantitative estimate of drug-likeness (QED) is 0.585. The summed E-state index contributed by atoms with van der Waals surface area (Å²) >= 11 is 0. The molecule has 0 aromatic heterocycles. The molecule has 2 atom stereocenters. The van der Waals surface area contributed by atoms with Crippen LogP contribution in [0.1, 0.15) is 94.2 Å². The summed E-state index contributed by atoms with van der Waals surface area (Å²) in [6.07, 6.45) is 13.9. The lowest BCUT2D eigenvalue weighted by atomic mass is 9.76. The molecule has 0 saturated heterocycles. The van der Waals surface area contributed by atoms with E-state index in [4.69, 9.17) is 5.73 Å². The fourth-order valence-electron chi connectivity index (χ4n) is 4.07. The highest BCUT2D eigenvalue weighted by Crippen LogP contribution is 2.37. The monoisotopic (exact) mass is 331 g/mol. The number of rotatable bonds is 10. The van der Waals surface area contributed by atoms with Crippen molar-refractivity contribution in [3.8, 4) is 0 Å². The summed E-state index contributed by atoms with van der Waals surface area (Å²) in [5.41, 5.74) is 10.3. The summed E-state index contributed by atoms with van der Waals surface area (Å²) in [5, 5.41) is 9.47. The third-order valence-electron chi connectivity index (χ3n) is 5.54. The van der Waals surface area contributed by atoms with Crippen LogP contribution in [-0.4, -0.2) is 17.3 Å². The molecule has 3 N–H and O–H groups in total. The van der Waals surface area contributed by atoms with Crippen molar-refractivity contribution < 1.29 is 5.11 Å². The van der Waals surface area contributed by atoms with E-state index in [0.29, 0.717) is 5.92 Å². The third kappa shape index (κ3) is 5.89. The van der Waals surface area contributed by atoms with Crippen LogP contribution in [0.4, 0.5) is 0 Å². The summed E-state index contributed by atoms with van der Waals surface area (Å²) in [5.74, 6) is 0.513. The van der Waals surface area contributed by atoms with Gasteiger partial charge in [0.1, 0.15) is 0 Å². The number of aliphatic hydroxyl groups excluding tert-OH is 1. The van der Waals surface area contributed by atoms with Crippen molar-refractivity contribution in [1.82, 2.24) is 0 Å². The topological polar surface area (TPSA) is 46.2 Å². The van der Waals surface area contributed by atoms with Crippen LogP contribution in [0.2, 0.25) is 0 Å². The maximum atomic E-state index is 9.47. The highest BCUT2D eigenvalue weighted by molar-refractivity contribution is 5.37. The van der Waals surface area contributed by atoms with Gasteiger partial charge < -0.3 is 10.8 Å². The maximum Gasteiger partial charge on any atom is 0.0608 e. The van der Waals surface area contributed by atoms with Gasteiger partial charge >= 0.3 is 0 Å². The molecular weight excluding hydrogens is 294 g/mol. The first-order valence-electron chi connectivity index (χ1n) is 10.1. The predicted octanol–water partition coefficient (Wildman–Crippen LogP) is 5.11. The van der Waals surface area contributed by atoms with Crippen molar-refractivity contribution in [1.29, 1.82) is 0 Å². The van der Waals surface area contributed by atoms with E-state index in [1.54, 1.807) is 0 Å². The van der Waals surface area contributed by atoms with Crippen molar-refractivity contribution >= 4 is 0 Å². The Hall–Kier alpha value is -0.860. The standard InChI is InChI=1S/C22H37NO/c1-3-4-5-6-7-8-10-18-13-14-21-19(15-18)11-9-12-20(21)16-22(2,23)17-24/h13-15,20,24H,3-12,16-17,23H2,1-2H3/t20-,22?/m1/s1. The second-order valence-electron chi connectivity index (χ2n) is 8.16. The third-order valence-corrected chi connectivity index (χ3v) is 5.54. The maximum absolute atomic E-state index is 9.47. The summed E-state index contributed by atoms with van der Waals surface area (Å²) < 4.78 is 0. The smallest absolute Gasteiger partial charge is 0.0608 e. The van der Waals surface area contributed by atoms with E-state index < -0.39 is 5.54 Å². The second-order valence-corrected chi connectivity index (χ2v) is 8.16. The molecule has 0 fully saturated rings. The molecular formula is C22H37NO. The van der Waals surface area contributed by atoms with Crippen molar-refractivity contribution in [2.24, 2.45) is 5.73 Å². The normalized spacial score (nSPS) is 19.8. The first-order valence-corrected chi connectivity index (χ1v) is 10.1. The van der Waals surface area contributed by atoms with Crippen LogP contribution >= 0.6 is 0 Å². The molecule has 0 heterocycles. The molecule has 1 aromatic rings. The molecule has 0 bridgehead atoms.